The highest BCUT2D eigenvalue weighted by atomic mass is 16.7. The molecule has 0 amide bonds. The molecule has 0 aliphatic heterocycles. The Morgan fingerprint density at radius 2 is 1.84 bits per heavy atom. The highest BCUT2D eigenvalue weighted by molar-refractivity contribution is 5.16. The first-order valence-electron chi connectivity index (χ1n) is 6.64. The number of aliphatic hydroxyl groups excluding tert-OH is 1. The largest absolute Gasteiger partial charge is 0.389 e. The average molecular weight is 267 g/mol. The van der Waals surface area contributed by atoms with E-state index in [9.17, 15) is 5.11 Å². The van der Waals surface area contributed by atoms with Gasteiger partial charge in [-0.1, -0.05) is 30.3 Å². The van der Waals surface area contributed by atoms with E-state index in [1.807, 2.05) is 58.0 Å². The van der Waals surface area contributed by atoms with Crippen LogP contribution < -0.4 is 5.48 Å². The van der Waals surface area contributed by atoms with Crippen molar-refractivity contribution in [1.82, 2.24) is 5.48 Å². The van der Waals surface area contributed by atoms with Gasteiger partial charge >= 0.3 is 0 Å². The van der Waals surface area contributed by atoms with Crippen LogP contribution in [0.5, 0.6) is 0 Å². The third-order valence-electron chi connectivity index (χ3n) is 2.50. The van der Waals surface area contributed by atoms with Gasteiger partial charge in [0.25, 0.3) is 0 Å². The molecule has 0 radical (unpaired) electrons. The lowest BCUT2D eigenvalue weighted by molar-refractivity contribution is -0.0926. The minimum Gasteiger partial charge on any atom is -0.389 e. The van der Waals surface area contributed by atoms with E-state index in [1.165, 1.54) is 0 Å². The van der Waals surface area contributed by atoms with Gasteiger partial charge in [-0.3, -0.25) is 4.84 Å². The predicted octanol–water partition coefficient (Wildman–Crippen LogP) is 2.44. The molecule has 0 saturated heterocycles. The lowest BCUT2D eigenvalue weighted by Gasteiger charge is -2.21. The van der Waals surface area contributed by atoms with Crippen LogP contribution in [0.25, 0.3) is 0 Å². The molecule has 1 aromatic carbocycles. The van der Waals surface area contributed by atoms with E-state index >= 15 is 0 Å². The number of hydroxylamine groups is 1. The SMILES string of the molecule is CC(OCC(O)CNOC(C)(C)C)c1ccccc1. The number of rotatable bonds is 7. The highest BCUT2D eigenvalue weighted by Crippen LogP contribution is 2.15. The Kier molecular flexibility index (Phi) is 6.45. The zero-order valence-electron chi connectivity index (χ0n) is 12.2. The molecule has 1 rings (SSSR count). The van der Waals surface area contributed by atoms with E-state index in [-0.39, 0.29) is 18.3 Å². The van der Waals surface area contributed by atoms with Crippen LogP contribution in [0.15, 0.2) is 30.3 Å². The van der Waals surface area contributed by atoms with Gasteiger partial charge in [-0.05, 0) is 33.3 Å². The molecule has 0 aromatic heterocycles. The predicted molar refractivity (Wildman–Crippen MR) is 75.7 cm³/mol. The number of aliphatic hydroxyl groups is 1. The summed E-state index contributed by atoms with van der Waals surface area (Å²) in [5, 5.41) is 9.77. The first-order chi connectivity index (χ1) is 8.88. The van der Waals surface area contributed by atoms with Crippen LogP contribution in [0.1, 0.15) is 39.4 Å². The zero-order valence-corrected chi connectivity index (χ0v) is 12.2. The van der Waals surface area contributed by atoms with Crippen molar-refractivity contribution in [3.05, 3.63) is 35.9 Å². The van der Waals surface area contributed by atoms with Crippen LogP contribution in [0.4, 0.5) is 0 Å². The number of hydrogen-bond acceptors (Lipinski definition) is 4. The highest BCUT2D eigenvalue weighted by Gasteiger charge is 2.13. The topological polar surface area (TPSA) is 50.7 Å². The minimum atomic E-state index is -0.589. The molecule has 4 heteroatoms. The maximum absolute atomic E-state index is 9.77. The number of benzene rings is 1. The Hall–Kier alpha value is -0.940. The second kappa shape index (κ2) is 7.60. The summed E-state index contributed by atoms with van der Waals surface area (Å²) in [6, 6.07) is 9.95. The molecule has 0 aliphatic carbocycles. The fourth-order valence-corrected chi connectivity index (χ4v) is 1.49. The summed E-state index contributed by atoms with van der Waals surface area (Å²) >= 11 is 0. The first kappa shape index (κ1) is 16.1. The molecule has 2 N–H and O–H groups in total. The Bertz CT molecular complexity index is 348. The van der Waals surface area contributed by atoms with Gasteiger partial charge in [0.2, 0.25) is 0 Å². The Morgan fingerprint density at radius 1 is 1.21 bits per heavy atom. The van der Waals surface area contributed by atoms with E-state index < -0.39 is 6.10 Å². The van der Waals surface area contributed by atoms with Crippen LogP contribution in [-0.4, -0.2) is 30.0 Å². The molecule has 4 nitrogen and oxygen atoms in total. The van der Waals surface area contributed by atoms with Gasteiger partial charge in [-0.2, -0.15) is 5.48 Å². The lowest BCUT2D eigenvalue weighted by atomic mass is 10.1. The van der Waals surface area contributed by atoms with Crippen molar-refractivity contribution in [1.29, 1.82) is 0 Å². The van der Waals surface area contributed by atoms with Crippen molar-refractivity contribution >= 4 is 0 Å². The van der Waals surface area contributed by atoms with Crippen molar-refractivity contribution < 1.29 is 14.7 Å². The van der Waals surface area contributed by atoms with Crippen molar-refractivity contribution in [3.63, 3.8) is 0 Å². The normalized spacial score (nSPS) is 15.2. The molecule has 2 unspecified atom stereocenters. The van der Waals surface area contributed by atoms with Crippen LogP contribution in [-0.2, 0) is 9.57 Å². The van der Waals surface area contributed by atoms with E-state index in [1.54, 1.807) is 0 Å². The monoisotopic (exact) mass is 267 g/mol. The van der Waals surface area contributed by atoms with Crippen LogP contribution in [0.3, 0.4) is 0 Å². The number of ether oxygens (including phenoxy) is 1. The molecule has 0 saturated carbocycles. The van der Waals surface area contributed by atoms with Gasteiger partial charge in [0.15, 0.2) is 0 Å². The third kappa shape index (κ3) is 7.28. The fraction of sp³-hybridized carbons (Fsp3) is 0.600. The summed E-state index contributed by atoms with van der Waals surface area (Å²) in [4.78, 5) is 5.33. The molecule has 0 aliphatic rings. The quantitative estimate of drug-likeness (QED) is 0.745. The maximum atomic E-state index is 9.77. The molecular formula is C15H25NO3. The van der Waals surface area contributed by atoms with Gasteiger partial charge in [0.1, 0.15) is 0 Å². The van der Waals surface area contributed by atoms with Gasteiger partial charge < -0.3 is 9.84 Å². The summed E-state index contributed by atoms with van der Waals surface area (Å²) in [7, 11) is 0. The Labute approximate surface area is 115 Å². The van der Waals surface area contributed by atoms with E-state index in [2.05, 4.69) is 5.48 Å². The van der Waals surface area contributed by atoms with Gasteiger partial charge in [-0.15, -0.1) is 0 Å². The van der Waals surface area contributed by atoms with Crippen LogP contribution in [0, 0.1) is 0 Å². The number of nitrogens with one attached hydrogen (secondary N) is 1. The summed E-state index contributed by atoms with van der Waals surface area (Å²) in [6.45, 7) is 8.43. The van der Waals surface area contributed by atoms with Crippen LogP contribution >= 0.6 is 0 Å². The van der Waals surface area contributed by atoms with E-state index in [0.29, 0.717) is 6.54 Å². The number of hydrogen-bond donors (Lipinski definition) is 2. The van der Waals surface area contributed by atoms with Crippen LogP contribution in [0.2, 0.25) is 0 Å². The molecule has 108 valence electrons. The van der Waals surface area contributed by atoms with Gasteiger partial charge in [-0.25, -0.2) is 0 Å². The van der Waals surface area contributed by atoms with Crippen molar-refractivity contribution in [2.24, 2.45) is 0 Å². The summed E-state index contributed by atoms with van der Waals surface area (Å²) < 4.78 is 5.63. The molecular weight excluding hydrogens is 242 g/mol. The third-order valence-corrected chi connectivity index (χ3v) is 2.50. The Balaban J connectivity index is 2.21. The summed E-state index contributed by atoms with van der Waals surface area (Å²) in [6.07, 6.45) is -0.618. The Morgan fingerprint density at radius 3 is 2.42 bits per heavy atom. The second-order valence-electron chi connectivity index (χ2n) is 5.60. The molecule has 19 heavy (non-hydrogen) atoms. The minimum absolute atomic E-state index is 0.0283. The lowest BCUT2D eigenvalue weighted by Crippen LogP contribution is -2.36. The molecule has 0 heterocycles. The fourth-order valence-electron chi connectivity index (χ4n) is 1.49. The standard InChI is InChI=1S/C15H25NO3/c1-12(13-8-6-5-7-9-13)18-11-14(17)10-16-19-15(2,3)4/h5-9,12,14,16-17H,10-11H2,1-4H3. The molecule has 1 aromatic rings. The zero-order chi connectivity index (χ0) is 14.3. The van der Waals surface area contributed by atoms with Crippen molar-refractivity contribution in [3.8, 4) is 0 Å². The van der Waals surface area contributed by atoms with Gasteiger partial charge in [0.05, 0.1) is 24.4 Å². The average Bonchev–Trinajstić information content (AvgIpc) is 2.35. The van der Waals surface area contributed by atoms with Gasteiger partial charge in [0, 0.05) is 6.54 Å². The molecule has 2 atom stereocenters. The maximum Gasteiger partial charge on any atom is 0.0921 e. The summed E-state index contributed by atoms with van der Waals surface area (Å²) in [5.41, 5.74) is 3.60. The molecule has 0 spiro atoms. The summed E-state index contributed by atoms with van der Waals surface area (Å²) in [5.74, 6) is 0. The smallest absolute Gasteiger partial charge is 0.0921 e. The van der Waals surface area contributed by atoms with E-state index in [0.717, 1.165) is 5.56 Å². The van der Waals surface area contributed by atoms with E-state index in [4.69, 9.17) is 9.57 Å². The first-order valence-corrected chi connectivity index (χ1v) is 6.64. The van der Waals surface area contributed by atoms with Crippen molar-refractivity contribution in [2.45, 2.75) is 45.5 Å². The molecule has 0 fully saturated rings. The van der Waals surface area contributed by atoms with Crippen molar-refractivity contribution in [2.75, 3.05) is 13.2 Å². The molecule has 0 bridgehead atoms. The second-order valence-corrected chi connectivity index (χ2v) is 5.60.